The normalized spacial score (nSPS) is 15.4. The Hall–Kier alpha value is -1.27. The van der Waals surface area contributed by atoms with Crippen LogP contribution in [0.25, 0.3) is 0 Å². The van der Waals surface area contributed by atoms with E-state index in [2.05, 4.69) is 5.32 Å². The molecule has 0 aliphatic heterocycles. The van der Waals surface area contributed by atoms with Gasteiger partial charge in [-0.1, -0.05) is 24.3 Å². The smallest absolute Gasteiger partial charge is 0.370 e. The molecule has 0 amide bonds. The van der Waals surface area contributed by atoms with Crippen molar-refractivity contribution < 1.29 is 27.9 Å². The summed E-state index contributed by atoms with van der Waals surface area (Å²) in [7, 11) is -2.55. The fourth-order valence-corrected chi connectivity index (χ4v) is 4.70. The maximum Gasteiger partial charge on any atom is 0.370 e. The molecule has 8 heteroatoms. The zero-order valence-corrected chi connectivity index (χ0v) is 18.0. The number of rotatable bonds is 8. The molecular weight excluding hydrogens is 372 g/mol. The minimum absolute atomic E-state index is 0.159. The van der Waals surface area contributed by atoms with Crippen LogP contribution in [0.2, 0.25) is 0 Å². The summed E-state index contributed by atoms with van der Waals surface area (Å²) in [5.74, 6) is -2.92. The predicted molar refractivity (Wildman–Crippen MR) is 104 cm³/mol. The lowest BCUT2D eigenvalue weighted by Crippen LogP contribution is -2.35. The van der Waals surface area contributed by atoms with E-state index >= 15 is 4.39 Å². The van der Waals surface area contributed by atoms with Gasteiger partial charge >= 0.3 is 13.6 Å². The molecule has 0 aliphatic carbocycles. The average Bonchev–Trinajstić information content (AvgIpc) is 2.48. The third-order valence-corrected chi connectivity index (χ3v) is 5.88. The Balaban J connectivity index is 3.10. The molecule has 6 nitrogen and oxygen atoms in total. The molecule has 2 N–H and O–H groups in total. The van der Waals surface area contributed by atoms with Crippen LogP contribution in [0.15, 0.2) is 24.3 Å². The van der Waals surface area contributed by atoms with Crippen LogP contribution in [0.4, 0.5) is 4.39 Å². The highest BCUT2D eigenvalue weighted by Gasteiger charge is 2.44. The van der Waals surface area contributed by atoms with E-state index < -0.39 is 36.7 Å². The van der Waals surface area contributed by atoms with Crippen LogP contribution in [-0.2, 0) is 24.8 Å². The molecule has 0 fully saturated rings. The Morgan fingerprint density at radius 2 is 1.56 bits per heavy atom. The van der Waals surface area contributed by atoms with Gasteiger partial charge in [-0.25, -0.2) is 4.39 Å². The Morgan fingerprint density at radius 3 is 1.89 bits per heavy atom. The van der Waals surface area contributed by atoms with Crippen LogP contribution in [0.5, 0.6) is 0 Å². The first-order valence-electron chi connectivity index (χ1n) is 8.81. The highest BCUT2D eigenvalue weighted by Crippen LogP contribution is 2.65. The molecule has 0 aliphatic rings. The van der Waals surface area contributed by atoms with Gasteiger partial charge in [0.2, 0.25) is 5.91 Å². The van der Waals surface area contributed by atoms with Gasteiger partial charge < -0.3 is 19.5 Å². The molecule has 0 saturated heterocycles. The van der Waals surface area contributed by atoms with Gasteiger partial charge in [-0.2, -0.15) is 0 Å². The molecular formula is C19H31FNO5P. The number of aliphatic carboxylic acids is 1. The predicted octanol–water partition coefficient (Wildman–Crippen LogP) is 4.69. The monoisotopic (exact) mass is 403 g/mol. The summed E-state index contributed by atoms with van der Waals surface area (Å²) in [5, 5.41) is 11.8. The van der Waals surface area contributed by atoms with Gasteiger partial charge in [0.05, 0.1) is 11.2 Å². The van der Waals surface area contributed by atoms with Gasteiger partial charge in [0.1, 0.15) is 6.04 Å². The average molecular weight is 403 g/mol. The fraction of sp³-hybridized carbons (Fsp3) is 0.632. The number of halogens is 1. The number of carboxylic acid groups (broad SMARTS) is 1. The minimum Gasteiger partial charge on any atom is -0.480 e. The zero-order chi connectivity index (χ0) is 21.0. The highest BCUT2D eigenvalue weighted by molar-refractivity contribution is 7.54. The number of benzene rings is 1. The number of carbonyl (C=O) groups is 1. The standard InChI is InChI=1S/C19H31FNO5P/c1-18(2,3)25-27(24,26-19(4,5)6)16(20)14-10-8-13(9-11-14)12-15(21-7)17(22)23/h8-11,15-16,21H,12H2,1-7H3,(H,22,23)/t15-,16?/m0/s1. The van der Waals surface area contributed by atoms with E-state index in [1.165, 1.54) is 12.1 Å². The van der Waals surface area contributed by atoms with Crippen molar-refractivity contribution in [3.8, 4) is 0 Å². The second kappa shape index (κ2) is 8.82. The summed E-state index contributed by atoms with van der Waals surface area (Å²) < 4.78 is 39.5. The molecule has 1 unspecified atom stereocenters. The molecule has 2 atom stereocenters. The summed E-state index contributed by atoms with van der Waals surface area (Å²) in [6, 6.07) is 5.47. The third kappa shape index (κ3) is 7.70. The molecule has 0 bridgehead atoms. The zero-order valence-electron chi connectivity index (χ0n) is 17.1. The first kappa shape index (κ1) is 23.8. The van der Waals surface area contributed by atoms with Gasteiger partial charge in [-0.15, -0.1) is 0 Å². The summed E-state index contributed by atoms with van der Waals surface area (Å²) in [6.45, 7) is 10.1. The van der Waals surface area contributed by atoms with E-state index in [0.717, 1.165) is 5.56 Å². The van der Waals surface area contributed by atoms with Crippen molar-refractivity contribution in [1.82, 2.24) is 5.32 Å². The maximum absolute atomic E-state index is 15.2. The molecule has 1 aromatic carbocycles. The van der Waals surface area contributed by atoms with Crippen LogP contribution >= 0.6 is 7.60 Å². The lowest BCUT2D eigenvalue weighted by atomic mass is 10.0. The van der Waals surface area contributed by atoms with E-state index in [4.69, 9.17) is 14.2 Å². The third-order valence-electron chi connectivity index (χ3n) is 3.42. The van der Waals surface area contributed by atoms with Crippen molar-refractivity contribution in [2.24, 2.45) is 0 Å². The lowest BCUT2D eigenvalue weighted by Gasteiger charge is -2.33. The fourth-order valence-electron chi connectivity index (χ4n) is 2.42. The van der Waals surface area contributed by atoms with E-state index in [0.29, 0.717) is 0 Å². The van der Waals surface area contributed by atoms with Crippen molar-refractivity contribution >= 4 is 13.6 Å². The second-order valence-corrected chi connectivity index (χ2v) is 10.3. The second-order valence-electron chi connectivity index (χ2n) is 8.41. The van der Waals surface area contributed by atoms with Gasteiger partial charge in [0, 0.05) is 0 Å². The Morgan fingerprint density at radius 1 is 1.11 bits per heavy atom. The number of hydrogen-bond acceptors (Lipinski definition) is 5. The Kier molecular flexibility index (Phi) is 7.77. The topological polar surface area (TPSA) is 84.9 Å². The first-order valence-corrected chi connectivity index (χ1v) is 10.4. The first-order chi connectivity index (χ1) is 12.2. The van der Waals surface area contributed by atoms with Crippen molar-refractivity contribution in [2.45, 2.75) is 71.1 Å². The highest BCUT2D eigenvalue weighted by atomic mass is 31.2. The van der Waals surface area contributed by atoms with E-state index in [-0.39, 0.29) is 12.0 Å². The quantitative estimate of drug-likeness (QED) is 0.613. The van der Waals surface area contributed by atoms with Crippen molar-refractivity contribution in [1.29, 1.82) is 0 Å². The molecule has 154 valence electrons. The number of hydrogen-bond donors (Lipinski definition) is 2. The molecule has 1 rings (SSSR count). The van der Waals surface area contributed by atoms with Gasteiger partial charge in [0.25, 0.3) is 0 Å². The lowest BCUT2D eigenvalue weighted by molar-refractivity contribution is -0.139. The Bertz CT molecular complexity index is 659. The van der Waals surface area contributed by atoms with Gasteiger partial charge in [0.15, 0.2) is 0 Å². The van der Waals surface area contributed by atoms with E-state index in [1.54, 1.807) is 60.7 Å². The number of nitrogens with one attached hydrogen (secondary N) is 1. The largest absolute Gasteiger partial charge is 0.480 e. The van der Waals surface area contributed by atoms with Crippen LogP contribution in [0.1, 0.15) is 58.6 Å². The van der Waals surface area contributed by atoms with E-state index in [9.17, 15) is 9.36 Å². The van der Waals surface area contributed by atoms with Crippen LogP contribution in [0.3, 0.4) is 0 Å². The summed E-state index contributed by atoms with van der Waals surface area (Å²) in [4.78, 5) is 11.1. The van der Waals surface area contributed by atoms with Crippen molar-refractivity contribution in [3.63, 3.8) is 0 Å². The number of likely N-dealkylation sites (N-methyl/N-ethyl adjacent to an activating group) is 1. The van der Waals surface area contributed by atoms with E-state index in [1.807, 2.05) is 0 Å². The number of alkyl halides is 1. The minimum atomic E-state index is -4.11. The molecule has 0 radical (unpaired) electrons. The van der Waals surface area contributed by atoms with Crippen LogP contribution in [0, 0.1) is 0 Å². The molecule has 27 heavy (non-hydrogen) atoms. The summed E-state index contributed by atoms with van der Waals surface area (Å²) in [5.41, 5.74) is -0.831. The number of carboxylic acids is 1. The van der Waals surface area contributed by atoms with Crippen LogP contribution in [-0.4, -0.2) is 35.4 Å². The molecule has 0 saturated carbocycles. The Labute approximate surface area is 161 Å². The maximum atomic E-state index is 15.2. The summed E-state index contributed by atoms with van der Waals surface area (Å²) >= 11 is 0. The van der Waals surface area contributed by atoms with Crippen molar-refractivity contribution in [2.75, 3.05) is 7.05 Å². The van der Waals surface area contributed by atoms with Gasteiger partial charge in [-0.3, -0.25) is 9.36 Å². The summed E-state index contributed by atoms with van der Waals surface area (Å²) in [6.07, 6.45) is 0.248. The molecule has 1 aromatic rings. The molecule has 0 spiro atoms. The molecule has 0 aromatic heterocycles. The van der Waals surface area contributed by atoms with Crippen LogP contribution < -0.4 is 5.32 Å². The van der Waals surface area contributed by atoms with Gasteiger partial charge in [-0.05, 0) is 66.1 Å². The van der Waals surface area contributed by atoms with Crippen molar-refractivity contribution in [3.05, 3.63) is 35.4 Å². The SMILES string of the molecule is CN[C@@H](Cc1ccc(C(F)P(=O)(OC(C)(C)C)OC(C)(C)C)cc1)C(=O)O. The molecule has 0 heterocycles.